The minimum absolute atomic E-state index is 0.00426. The van der Waals surface area contributed by atoms with Gasteiger partial charge < -0.3 is 19.7 Å². The SMILES string of the molecule is CCn1c(C(=O)O)c(CC(=O)NCc2ccccc2OC)c2ccccc21. The van der Waals surface area contributed by atoms with Crippen LogP contribution in [0.1, 0.15) is 28.5 Å². The summed E-state index contributed by atoms with van der Waals surface area (Å²) in [5, 5.41) is 13.4. The van der Waals surface area contributed by atoms with Gasteiger partial charge in [-0.15, -0.1) is 0 Å². The van der Waals surface area contributed by atoms with Crippen molar-refractivity contribution < 1.29 is 19.4 Å². The van der Waals surface area contributed by atoms with Crippen molar-refractivity contribution in [3.63, 3.8) is 0 Å². The van der Waals surface area contributed by atoms with Crippen LogP contribution >= 0.6 is 0 Å². The molecule has 0 aliphatic rings. The second-order valence-corrected chi connectivity index (χ2v) is 6.16. The highest BCUT2D eigenvalue weighted by molar-refractivity contribution is 6.00. The molecule has 0 spiro atoms. The number of methoxy groups -OCH3 is 1. The summed E-state index contributed by atoms with van der Waals surface area (Å²) < 4.78 is 7.03. The van der Waals surface area contributed by atoms with Crippen molar-refractivity contribution in [2.24, 2.45) is 0 Å². The van der Waals surface area contributed by atoms with E-state index in [1.807, 2.05) is 55.5 Å². The van der Waals surface area contributed by atoms with Gasteiger partial charge in [-0.05, 0) is 19.1 Å². The van der Waals surface area contributed by atoms with Gasteiger partial charge in [0.1, 0.15) is 11.4 Å². The Morgan fingerprint density at radius 2 is 1.81 bits per heavy atom. The van der Waals surface area contributed by atoms with E-state index in [1.54, 1.807) is 11.7 Å². The third-order valence-corrected chi connectivity index (χ3v) is 4.60. The highest BCUT2D eigenvalue weighted by atomic mass is 16.5. The minimum atomic E-state index is -1.03. The Hall–Kier alpha value is -3.28. The van der Waals surface area contributed by atoms with Crippen LogP contribution in [0.25, 0.3) is 10.9 Å². The first-order valence-corrected chi connectivity index (χ1v) is 8.78. The van der Waals surface area contributed by atoms with Gasteiger partial charge in [-0.3, -0.25) is 4.79 Å². The maximum atomic E-state index is 12.5. The summed E-state index contributed by atoms with van der Waals surface area (Å²) >= 11 is 0. The Bertz CT molecular complexity index is 991. The molecule has 1 heterocycles. The molecule has 0 bridgehead atoms. The average molecular weight is 366 g/mol. The molecule has 6 nitrogen and oxygen atoms in total. The number of nitrogens with one attached hydrogen (secondary N) is 1. The van der Waals surface area contributed by atoms with Crippen LogP contribution < -0.4 is 10.1 Å². The van der Waals surface area contributed by atoms with Gasteiger partial charge in [0.05, 0.1) is 13.5 Å². The van der Waals surface area contributed by atoms with E-state index in [2.05, 4.69) is 5.32 Å². The third-order valence-electron chi connectivity index (χ3n) is 4.60. The Morgan fingerprint density at radius 3 is 2.52 bits per heavy atom. The van der Waals surface area contributed by atoms with Crippen molar-refractivity contribution in [1.82, 2.24) is 9.88 Å². The van der Waals surface area contributed by atoms with E-state index in [0.29, 0.717) is 24.4 Å². The van der Waals surface area contributed by atoms with E-state index in [4.69, 9.17) is 4.74 Å². The van der Waals surface area contributed by atoms with Gasteiger partial charge in [-0.2, -0.15) is 0 Å². The molecule has 0 radical (unpaired) electrons. The molecule has 0 aliphatic carbocycles. The van der Waals surface area contributed by atoms with E-state index < -0.39 is 5.97 Å². The molecule has 0 saturated heterocycles. The van der Waals surface area contributed by atoms with Crippen molar-refractivity contribution in [3.8, 4) is 5.75 Å². The molecule has 27 heavy (non-hydrogen) atoms. The van der Waals surface area contributed by atoms with Gasteiger partial charge >= 0.3 is 5.97 Å². The number of benzene rings is 2. The molecular formula is C21H22N2O4. The number of aromatic carboxylic acids is 1. The van der Waals surface area contributed by atoms with Crippen LogP contribution in [0.5, 0.6) is 5.75 Å². The molecule has 0 atom stereocenters. The predicted molar refractivity (Wildman–Crippen MR) is 103 cm³/mol. The summed E-state index contributed by atoms with van der Waals surface area (Å²) in [5.74, 6) is -0.561. The maximum absolute atomic E-state index is 12.5. The number of carbonyl (C=O) groups is 2. The van der Waals surface area contributed by atoms with Gasteiger partial charge in [-0.25, -0.2) is 4.79 Å². The number of amides is 1. The number of hydrogen-bond acceptors (Lipinski definition) is 3. The standard InChI is InChI=1S/C21H22N2O4/c1-3-23-17-10-6-5-9-15(17)16(20(23)21(25)26)12-19(24)22-13-14-8-4-7-11-18(14)27-2/h4-11H,3,12-13H2,1-2H3,(H,22,24)(H,25,26). The summed E-state index contributed by atoms with van der Waals surface area (Å²) in [6.07, 6.45) is 0.00426. The van der Waals surface area contributed by atoms with Crippen LogP contribution in [0.2, 0.25) is 0 Å². The first kappa shape index (κ1) is 18.5. The lowest BCUT2D eigenvalue weighted by atomic mass is 10.1. The number of para-hydroxylation sites is 2. The highest BCUT2D eigenvalue weighted by Gasteiger charge is 2.23. The van der Waals surface area contributed by atoms with Gasteiger partial charge in [0.25, 0.3) is 0 Å². The van der Waals surface area contributed by atoms with Crippen LogP contribution in [0.4, 0.5) is 0 Å². The molecule has 2 N–H and O–H groups in total. The molecule has 0 fully saturated rings. The molecule has 0 aliphatic heterocycles. The van der Waals surface area contributed by atoms with E-state index in [1.165, 1.54) is 0 Å². The van der Waals surface area contributed by atoms with Crippen LogP contribution in [0, 0.1) is 0 Å². The van der Waals surface area contributed by atoms with Crippen molar-refractivity contribution >= 4 is 22.8 Å². The van der Waals surface area contributed by atoms with Gasteiger partial charge in [-0.1, -0.05) is 36.4 Å². The molecule has 3 aromatic rings. The van der Waals surface area contributed by atoms with E-state index >= 15 is 0 Å². The number of rotatable bonds is 7. The summed E-state index contributed by atoms with van der Waals surface area (Å²) in [4.78, 5) is 24.4. The second kappa shape index (κ2) is 7.95. The van der Waals surface area contributed by atoms with Crippen molar-refractivity contribution in [2.45, 2.75) is 26.4 Å². The molecule has 140 valence electrons. The van der Waals surface area contributed by atoms with Gasteiger partial charge in [0.15, 0.2) is 0 Å². The number of hydrogen-bond donors (Lipinski definition) is 2. The molecular weight excluding hydrogens is 344 g/mol. The number of aromatic nitrogens is 1. The second-order valence-electron chi connectivity index (χ2n) is 6.16. The zero-order valence-corrected chi connectivity index (χ0v) is 15.4. The number of carboxylic acids is 1. The molecule has 3 rings (SSSR count). The number of ether oxygens (including phenoxy) is 1. The quantitative estimate of drug-likeness (QED) is 0.673. The fourth-order valence-electron chi connectivity index (χ4n) is 3.39. The molecule has 0 unspecified atom stereocenters. The zero-order chi connectivity index (χ0) is 19.4. The largest absolute Gasteiger partial charge is 0.496 e. The van der Waals surface area contributed by atoms with Gasteiger partial charge in [0, 0.05) is 35.1 Å². The first-order valence-electron chi connectivity index (χ1n) is 8.78. The lowest BCUT2D eigenvalue weighted by Crippen LogP contribution is -2.25. The lowest BCUT2D eigenvalue weighted by molar-refractivity contribution is -0.120. The topological polar surface area (TPSA) is 80.6 Å². The molecule has 2 aromatic carbocycles. The monoisotopic (exact) mass is 366 g/mol. The fraction of sp³-hybridized carbons (Fsp3) is 0.238. The fourth-order valence-corrected chi connectivity index (χ4v) is 3.39. The van der Waals surface area contributed by atoms with Crippen molar-refractivity contribution in [3.05, 3.63) is 65.4 Å². The van der Waals surface area contributed by atoms with Gasteiger partial charge in [0.2, 0.25) is 5.91 Å². The normalized spacial score (nSPS) is 10.7. The molecule has 0 saturated carbocycles. The summed E-state index contributed by atoms with van der Waals surface area (Å²) in [5.41, 5.74) is 2.40. The molecule has 1 amide bonds. The Kier molecular flexibility index (Phi) is 5.45. The maximum Gasteiger partial charge on any atom is 0.352 e. The van der Waals surface area contributed by atoms with Crippen LogP contribution in [-0.2, 0) is 24.3 Å². The van der Waals surface area contributed by atoms with Crippen LogP contribution in [0.15, 0.2) is 48.5 Å². The Balaban J connectivity index is 1.86. The zero-order valence-electron chi connectivity index (χ0n) is 15.4. The van der Waals surface area contributed by atoms with Crippen LogP contribution in [-0.4, -0.2) is 28.7 Å². The molecule has 1 aromatic heterocycles. The summed E-state index contributed by atoms with van der Waals surface area (Å²) in [7, 11) is 1.58. The lowest BCUT2D eigenvalue weighted by Gasteiger charge is -2.10. The minimum Gasteiger partial charge on any atom is -0.496 e. The van der Waals surface area contributed by atoms with Crippen LogP contribution in [0.3, 0.4) is 0 Å². The predicted octanol–water partition coefficient (Wildman–Crippen LogP) is 3.23. The van der Waals surface area contributed by atoms with E-state index in [9.17, 15) is 14.7 Å². The Morgan fingerprint density at radius 1 is 1.11 bits per heavy atom. The Labute approximate surface area is 157 Å². The first-order chi connectivity index (χ1) is 13.1. The van der Waals surface area contributed by atoms with E-state index in [-0.39, 0.29) is 18.0 Å². The van der Waals surface area contributed by atoms with Crippen molar-refractivity contribution in [1.29, 1.82) is 0 Å². The summed E-state index contributed by atoms with van der Waals surface area (Å²) in [6, 6.07) is 14.9. The smallest absolute Gasteiger partial charge is 0.352 e. The highest BCUT2D eigenvalue weighted by Crippen LogP contribution is 2.27. The molecule has 6 heteroatoms. The number of fused-ring (bicyclic) bond motifs is 1. The number of carboxylic acid groups (broad SMARTS) is 1. The third kappa shape index (κ3) is 3.65. The number of nitrogens with zero attached hydrogens (tertiary/aromatic N) is 1. The number of aryl methyl sites for hydroxylation is 1. The summed E-state index contributed by atoms with van der Waals surface area (Å²) in [6.45, 7) is 2.73. The van der Waals surface area contributed by atoms with Crippen molar-refractivity contribution in [2.75, 3.05) is 7.11 Å². The van der Waals surface area contributed by atoms with E-state index in [0.717, 1.165) is 16.5 Å². The number of carbonyl (C=O) groups excluding carboxylic acids is 1. The average Bonchev–Trinajstić information content (AvgIpc) is 3.00.